The van der Waals surface area contributed by atoms with Gasteiger partial charge in [0.2, 0.25) is 0 Å². The van der Waals surface area contributed by atoms with Crippen molar-refractivity contribution in [3.63, 3.8) is 0 Å². The number of nitrogens with one attached hydrogen (secondary N) is 1. The average molecular weight is 285 g/mol. The molecule has 0 aromatic carbocycles. The fourth-order valence-electron chi connectivity index (χ4n) is 2.59. The average Bonchev–Trinajstić information content (AvgIpc) is 3.02. The number of carbonyl (C=O) groups excluding carboxylic acids is 1. The number of nitrogens with zero attached hydrogens (tertiary/aromatic N) is 4. The van der Waals surface area contributed by atoms with Crippen molar-refractivity contribution in [2.24, 2.45) is 0 Å². The Morgan fingerprint density at radius 3 is 2.86 bits per heavy atom. The number of piperazine rings is 1. The second-order valence-electron chi connectivity index (χ2n) is 5.41. The van der Waals surface area contributed by atoms with Crippen molar-refractivity contribution in [2.45, 2.75) is 13.0 Å². The first-order chi connectivity index (χ1) is 10.1. The predicted molar refractivity (Wildman–Crippen MR) is 78.8 cm³/mol. The van der Waals surface area contributed by atoms with E-state index in [1.165, 1.54) is 0 Å². The molecule has 1 saturated heterocycles. The fraction of sp³-hybridized carbons (Fsp3) is 0.400. The van der Waals surface area contributed by atoms with Crippen LogP contribution in [0, 0.1) is 6.92 Å². The molecule has 3 rings (SSSR count). The third kappa shape index (κ3) is 2.80. The van der Waals surface area contributed by atoms with Gasteiger partial charge >= 0.3 is 0 Å². The van der Waals surface area contributed by atoms with Crippen molar-refractivity contribution in [1.29, 1.82) is 0 Å². The third-order valence-corrected chi connectivity index (χ3v) is 3.93. The molecule has 0 spiro atoms. The summed E-state index contributed by atoms with van der Waals surface area (Å²) in [7, 11) is 2.06. The summed E-state index contributed by atoms with van der Waals surface area (Å²) in [5.74, 6) is 0.934. The maximum absolute atomic E-state index is 12.6. The highest BCUT2D eigenvalue weighted by Gasteiger charge is 2.30. The highest BCUT2D eigenvalue weighted by molar-refractivity contribution is 5.94. The van der Waals surface area contributed by atoms with Crippen molar-refractivity contribution in [1.82, 2.24) is 24.8 Å². The zero-order valence-electron chi connectivity index (χ0n) is 12.3. The van der Waals surface area contributed by atoms with Gasteiger partial charge in [-0.1, -0.05) is 0 Å². The summed E-state index contributed by atoms with van der Waals surface area (Å²) in [6.07, 6.45) is 5.21. The van der Waals surface area contributed by atoms with Gasteiger partial charge in [0.15, 0.2) is 0 Å². The van der Waals surface area contributed by atoms with Crippen LogP contribution in [-0.2, 0) is 0 Å². The van der Waals surface area contributed by atoms with E-state index < -0.39 is 0 Å². The smallest absolute Gasteiger partial charge is 0.255 e. The molecule has 1 aliphatic heterocycles. The monoisotopic (exact) mass is 285 g/mol. The number of aromatic amines is 1. The van der Waals surface area contributed by atoms with Crippen LogP contribution in [0.4, 0.5) is 0 Å². The lowest BCUT2D eigenvalue weighted by Crippen LogP contribution is -2.49. The van der Waals surface area contributed by atoms with Crippen molar-refractivity contribution in [3.8, 4) is 0 Å². The van der Waals surface area contributed by atoms with Gasteiger partial charge in [-0.15, -0.1) is 0 Å². The van der Waals surface area contributed by atoms with Crippen LogP contribution in [-0.4, -0.2) is 57.3 Å². The van der Waals surface area contributed by atoms with E-state index in [-0.39, 0.29) is 11.9 Å². The summed E-state index contributed by atoms with van der Waals surface area (Å²) in [5, 5.41) is 0. The van der Waals surface area contributed by atoms with E-state index >= 15 is 0 Å². The molecular weight excluding hydrogens is 266 g/mol. The molecule has 21 heavy (non-hydrogen) atoms. The number of hydrogen-bond donors (Lipinski definition) is 1. The van der Waals surface area contributed by atoms with E-state index in [4.69, 9.17) is 0 Å². The van der Waals surface area contributed by atoms with Gasteiger partial charge in [0.1, 0.15) is 5.82 Å². The zero-order valence-corrected chi connectivity index (χ0v) is 12.3. The van der Waals surface area contributed by atoms with Crippen LogP contribution in [0.15, 0.2) is 30.7 Å². The molecule has 6 nitrogen and oxygen atoms in total. The number of rotatable bonds is 2. The van der Waals surface area contributed by atoms with Crippen molar-refractivity contribution in [2.75, 3.05) is 26.7 Å². The summed E-state index contributed by atoms with van der Waals surface area (Å²) in [6, 6.07) is 3.81. The Labute approximate surface area is 123 Å². The number of aryl methyl sites for hydroxylation is 1. The van der Waals surface area contributed by atoms with Gasteiger partial charge < -0.3 is 9.88 Å². The van der Waals surface area contributed by atoms with E-state index in [9.17, 15) is 4.79 Å². The predicted octanol–water partition coefficient (Wildman–Crippen LogP) is 1.24. The molecule has 0 aliphatic carbocycles. The molecule has 110 valence electrons. The van der Waals surface area contributed by atoms with Crippen LogP contribution < -0.4 is 0 Å². The molecule has 2 aromatic rings. The minimum absolute atomic E-state index is 0.0344. The SMILES string of the molecule is Cc1ccc(C(=O)N2CCN(C)[C@@H](c3ncc[nH]3)C2)cn1. The number of H-pyrrole nitrogens is 1. The molecule has 6 heteroatoms. The van der Waals surface area contributed by atoms with Gasteiger partial charge in [-0.05, 0) is 26.1 Å². The number of amides is 1. The van der Waals surface area contributed by atoms with E-state index in [0.29, 0.717) is 12.1 Å². The molecule has 0 unspecified atom stereocenters. The first-order valence-electron chi connectivity index (χ1n) is 7.06. The Morgan fingerprint density at radius 2 is 2.19 bits per heavy atom. The van der Waals surface area contributed by atoms with Gasteiger partial charge in [0, 0.05) is 43.9 Å². The molecule has 0 bridgehead atoms. The van der Waals surface area contributed by atoms with Crippen LogP contribution in [0.2, 0.25) is 0 Å². The van der Waals surface area contributed by atoms with E-state index in [0.717, 1.165) is 24.6 Å². The Balaban J connectivity index is 1.77. The van der Waals surface area contributed by atoms with Gasteiger partial charge in [-0.2, -0.15) is 0 Å². The quantitative estimate of drug-likeness (QED) is 0.901. The van der Waals surface area contributed by atoms with E-state index in [2.05, 4.69) is 26.9 Å². The van der Waals surface area contributed by atoms with Crippen molar-refractivity contribution in [3.05, 3.63) is 47.8 Å². The Morgan fingerprint density at radius 1 is 1.33 bits per heavy atom. The minimum Gasteiger partial charge on any atom is -0.347 e. The summed E-state index contributed by atoms with van der Waals surface area (Å²) >= 11 is 0. The highest BCUT2D eigenvalue weighted by Crippen LogP contribution is 2.22. The Bertz CT molecular complexity index is 608. The van der Waals surface area contributed by atoms with Crippen LogP contribution in [0.25, 0.3) is 0 Å². The summed E-state index contributed by atoms with van der Waals surface area (Å²) in [4.78, 5) is 28.3. The number of hydrogen-bond acceptors (Lipinski definition) is 4. The van der Waals surface area contributed by atoms with Crippen molar-refractivity contribution < 1.29 is 4.79 Å². The van der Waals surface area contributed by atoms with Crippen molar-refractivity contribution >= 4 is 5.91 Å². The lowest BCUT2D eigenvalue weighted by molar-refractivity contribution is 0.0534. The van der Waals surface area contributed by atoms with Crippen LogP contribution in [0.5, 0.6) is 0 Å². The second-order valence-corrected chi connectivity index (χ2v) is 5.41. The highest BCUT2D eigenvalue weighted by atomic mass is 16.2. The van der Waals surface area contributed by atoms with Gasteiger partial charge in [0.05, 0.1) is 11.6 Å². The maximum atomic E-state index is 12.6. The molecule has 1 atom stereocenters. The Hall–Kier alpha value is -2.21. The molecule has 3 heterocycles. The van der Waals surface area contributed by atoms with E-state index in [1.54, 1.807) is 12.4 Å². The summed E-state index contributed by atoms with van der Waals surface area (Å²) in [6.45, 7) is 4.10. The minimum atomic E-state index is 0.0344. The molecule has 0 saturated carbocycles. The van der Waals surface area contributed by atoms with Crippen LogP contribution in [0.3, 0.4) is 0 Å². The largest absolute Gasteiger partial charge is 0.347 e. The zero-order chi connectivity index (χ0) is 14.8. The molecule has 1 N–H and O–H groups in total. The molecular formula is C15H19N5O. The second kappa shape index (κ2) is 5.65. The van der Waals surface area contributed by atoms with E-state index in [1.807, 2.05) is 30.2 Å². The standard InChI is InChI=1S/C15H19N5O/c1-11-3-4-12(9-18-11)15(21)20-8-7-19(2)13(10-20)14-16-5-6-17-14/h3-6,9,13H,7-8,10H2,1-2H3,(H,16,17)/t13-/m1/s1. The number of pyridine rings is 1. The number of imidazole rings is 1. The van der Waals surface area contributed by atoms with Crippen LogP contribution >= 0.6 is 0 Å². The molecule has 1 amide bonds. The summed E-state index contributed by atoms with van der Waals surface area (Å²) < 4.78 is 0. The molecule has 2 aromatic heterocycles. The fourth-order valence-corrected chi connectivity index (χ4v) is 2.59. The third-order valence-electron chi connectivity index (χ3n) is 3.93. The molecule has 1 aliphatic rings. The molecule has 1 fully saturated rings. The van der Waals surface area contributed by atoms with Gasteiger partial charge in [-0.25, -0.2) is 4.98 Å². The van der Waals surface area contributed by atoms with Gasteiger partial charge in [0.25, 0.3) is 5.91 Å². The summed E-state index contributed by atoms with van der Waals surface area (Å²) in [5.41, 5.74) is 1.56. The van der Waals surface area contributed by atoms with Crippen LogP contribution in [0.1, 0.15) is 27.9 Å². The number of aromatic nitrogens is 3. The first kappa shape index (κ1) is 13.8. The Kier molecular flexibility index (Phi) is 3.70. The normalized spacial score (nSPS) is 19.7. The van der Waals surface area contributed by atoms with Gasteiger partial charge in [-0.3, -0.25) is 14.7 Å². The molecule has 0 radical (unpaired) electrons. The lowest BCUT2D eigenvalue weighted by atomic mass is 10.1. The topological polar surface area (TPSA) is 65.1 Å². The number of carbonyl (C=O) groups is 1. The lowest BCUT2D eigenvalue weighted by Gasteiger charge is -2.38. The number of likely N-dealkylation sites (N-methyl/N-ethyl adjacent to an activating group) is 1. The first-order valence-corrected chi connectivity index (χ1v) is 7.06. The maximum Gasteiger partial charge on any atom is 0.255 e.